The first-order valence-electron chi connectivity index (χ1n) is 6.40. The fraction of sp³-hybridized carbons (Fsp3) is 0.500. The summed E-state index contributed by atoms with van der Waals surface area (Å²) in [6.07, 6.45) is 4.19. The summed E-state index contributed by atoms with van der Waals surface area (Å²) >= 11 is 2.21. The molecule has 0 bridgehead atoms. The molecule has 1 aliphatic rings. The van der Waals surface area contributed by atoms with Gasteiger partial charge in [-0.15, -0.1) is 0 Å². The third-order valence-corrected chi connectivity index (χ3v) is 4.09. The van der Waals surface area contributed by atoms with Crippen LogP contribution >= 0.6 is 22.6 Å². The molecule has 1 aromatic carbocycles. The smallest absolute Gasteiger partial charge is 0.254 e. The average Bonchev–Trinajstić information content (AvgIpc) is 2.62. The summed E-state index contributed by atoms with van der Waals surface area (Å²) in [6, 6.07) is 7.62. The van der Waals surface area contributed by atoms with Crippen LogP contribution in [0.1, 0.15) is 36.0 Å². The Hall–Kier alpha value is -0.620. The first-order valence-corrected chi connectivity index (χ1v) is 7.47. The number of amides is 1. The molecular weight excluding hydrogens is 341 g/mol. The maximum Gasteiger partial charge on any atom is 0.254 e. The number of aliphatic hydroxyl groups is 1. The van der Waals surface area contributed by atoms with Crippen molar-refractivity contribution < 1.29 is 9.90 Å². The molecule has 98 valence electrons. The lowest BCUT2D eigenvalue weighted by atomic mass is 10.1. The molecule has 1 atom stereocenters. The van der Waals surface area contributed by atoms with Crippen molar-refractivity contribution in [1.29, 1.82) is 0 Å². The third kappa shape index (κ3) is 3.23. The highest BCUT2D eigenvalue weighted by atomic mass is 127. The van der Waals surface area contributed by atoms with Crippen LogP contribution in [-0.4, -0.2) is 35.1 Å². The molecule has 0 radical (unpaired) electrons. The second-order valence-corrected chi connectivity index (χ2v) is 5.94. The van der Waals surface area contributed by atoms with Gasteiger partial charge in [0.1, 0.15) is 0 Å². The lowest BCUT2D eigenvalue weighted by molar-refractivity contribution is 0.0599. The van der Waals surface area contributed by atoms with E-state index in [1.807, 2.05) is 29.2 Å². The molecule has 1 aliphatic heterocycles. The second-order valence-electron chi connectivity index (χ2n) is 4.69. The molecule has 0 aliphatic carbocycles. The van der Waals surface area contributed by atoms with Crippen molar-refractivity contribution in [2.75, 3.05) is 13.2 Å². The van der Waals surface area contributed by atoms with Crippen LogP contribution in [0.15, 0.2) is 24.3 Å². The Bertz CT molecular complexity index is 422. The van der Waals surface area contributed by atoms with Crippen LogP contribution in [0, 0.1) is 3.57 Å². The normalized spacial score (nSPS) is 20.6. The summed E-state index contributed by atoms with van der Waals surface area (Å²) in [5.41, 5.74) is 0.724. The summed E-state index contributed by atoms with van der Waals surface area (Å²) < 4.78 is 1.06. The van der Waals surface area contributed by atoms with Crippen molar-refractivity contribution in [2.24, 2.45) is 0 Å². The summed E-state index contributed by atoms with van der Waals surface area (Å²) in [5, 5.41) is 9.44. The molecule has 1 N–H and O–H groups in total. The highest BCUT2D eigenvalue weighted by Gasteiger charge is 2.25. The van der Waals surface area contributed by atoms with E-state index in [9.17, 15) is 9.90 Å². The zero-order valence-electron chi connectivity index (χ0n) is 10.3. The largest absolute Gasteiger partial charge is 0.394 e. The molecule has 0 aromatic heterocycles. The van der Waals surface area contributed by atoms with Gasteiger partial charge >= 0.3 is 0 Å². The highest BCUT2D eigenvalue weighted by molar-refractivity contribution is 14.1. The van der Waals surface area contributed by atoms with Gasteiger partial charge in [-0.1, -0.05) is 18.9 Å². The van der Waals surface area contributed by atoms with Gasteiger partial charge in [-0.3, -0.25) is 4.79 Å². The van der Waals surface area contributed by atoms with Crippen LogP contribution in [0.25, 0.3) is 0 Å². The molecule has 0 spiro atoms. The minimum absolute atomic E-state index is 0.0159. The molecule has 1 fully saturated rings. The monoisotopic (exact) mass is 359 g/mol. The molecule has 1 amide bonds. The van der Waals surface area contributed by atoms with Gasteiger partial charge in [0.15, 0.2) is 0 Å². The fourth-order valence-corrected chi connectivity index (χ4v) is 2.96. The summed E-state index contributed by atoms with van der Waals surface area (Å²) in [4.78, 5) is 14.3. The van der Waals surface area contributed by atoms with Gasteiger partial charge in [-0.05, 0) is 53.6 Å². The van der Waals surface area contributed by atoms with E-state index in [0.717, 1.165) is 41.4 Å². The topological polar surface area (TPSA) is 40.5 Å². The predicted octanol–water partition coefficient (Wildman–Crippen LogP) is 2.67. The molecule has 1 saturated heterocycles. The van der Waals surface area contributed by atoms with Gasteiger partial charge in [0.2, 0.25) is 0 Å². The van der Waals surface area contributed by atoms with Crippen molar-refractivity contribution in [3.8, 4) is 0 Å². The standard InChI is InChI=1S/C14H18INO2/c15-12-6-4-5-11(9-12)14(18)16-8-3-1-2-7-13(16)10-17/h4-6,9,13,17H,1-3,7-8,10H2. The van der Waals surface area contributed by atoms with Crippen molar-refractivity contribution in [1.82, 2.24) is 4.90 Å². The van der Waals surface area contributed by atoms with Gasteiger partial charge in [-0.25, -0.2) is 0 Å². The number of rotatable bonds is 2. The molecule has 0 saturated carbocycles. The van der Waals surface area contributed by atoms with Crippen LogP contribution in [0.2, 0.25) is 0 Å². The number of nitrogens with zero attached hydrogens (tertiary/aromatic N) is 1. The Morgan fingerprint density at radius 3 is 2.94 bits per heavy atom. The number of benzene rings is 1. The van der Waals surface area contributed by atoms with E-state index in [1.54, 1.807) is 0 Å². The SMILES string of the molecule is O=C(c1cccc(I)c1)N1CCCCCC1CO. The fourth-order valence-electron chi connectivity index (χ4n) is 2.42. The van der Waals surface area contributed by atoms with Gasteiger partial charge in [0.25, 0.3) is 5.91 Å². The molecular formula is C14H18INO2. The van der Waals surface area contributed by atoms with Crippen molar-refractivity contribution in [3.63, 3.8) is 0 Å². The van der Waals surface area contributed by atoms with Gasteiger partial charge < -0.3 is 10.0 Å². The van der Waals surface area contributed by atoms with Crippen molar-refractivity contribution in [3.05, 3.63) is 33.4 Å². The van der Waals surface area contributed by atoms with E-state index in [4.69, 9.17) is 0 Å². The van der Waals surface area contributed by atoms with Crippen LogP contribution in [0.5, 0.6) is 0 Å². The van der Waals surface area contributed by atoms with E-state index >= 15 is 0 Å². The lowest BCUT2D eigenvalue weighted by Crippen LogP contribution is -2.42. The average molecular weight is 359 g/mol. The number of hydrogen-bond donors (Lipinski definition) is 1. The van der Waals surface area contributed by atoms with Crippen LogP contribution in [0.3, 0.4) is 0 Å². The van der Waals surface area contributed by atoms with E-state index in [1.165, 1.54) is 0 Å². The number of likely N-dealkylation sites (tertiary alicyclic amines) is 1. The Morgan fingerprint density at radius 2 is 2.22 bits per heavy atom. The minimum Gasteiger partial charge on any atom is -0.394 e. The van der Waals surface area contributed by atoms with E-state index < -0.39 is 0 Å². The zero-order chi connectivity index (χ0) is 13.0. The minimum atomic E-state index is -0.0159. The first kappa shape index (κ1) is 13.8. The molecule has 1 heterocycles. The summed E-state index contributed by atoms with van der Waals surface area (Å²) in [6.45, 7) is 0.825. The van der Waals surface area contributed by atoms with Crippen LogP contribution < -0.4 is 0 Å². The van der Waals surface area contributed by atoms with Gasteiger partial charge in [0, 0.05) is 15.7 Å². The van der Waals surface area contributed by atoms with Crippen molar-refractivity contribution >= 4 is 28.5 Å². The Kier molecular flexibility index (Phi) is 5.00. The van der Waals surface area contributed by atoms with Crippen molar-refractivity contribution in [2.45, 2.75) is 31.7 Å². The molecule has 1 aromatic rings. The van der Waals surface area contributed by atoms with E-state index in [-0.39, 0.29) is 18.6 Å². The summed E-state index contributed by atoms with van der Waals surface area (Å²) in [7, 11) is 0. The number of hydrogen-bond acceptors (Lipinski definition) is 2. The number of aliphatic hydroxyl groups excluding tert-OH is 1. The van der Waals surface area contributed by atoms with Crippen LogP contribution in [0.4, 0.5) is 0 Å². The van der Waals surface area contributed by atoms with Crippen LogP contribution in [-0.2, 0) is 0 Å². The first-order chi connectivity index (χ1) is 8.72. The Labute approximate surface area is 121 Å². The maximum absolute atomic E-state index is 12.5. The van der Waals surface area contributed by atoms with Gasteiger partial charge in [0.05, 0.1) is 12.6 Å². The summed E-state index contributed by atoms with van der Waals surface area (Å²) in [5.74, 6) is 0.0504. The molecule has 4 heteroatoms. The van der Waals surface area contributed by atoms with E-state index in [2.05, 4.69) is 22.6 Å². The number of carbonyl (C=O) groups excluding carboxylic acids is 1. The Balaban J connectivity index is 2.19. The predicted molar refractivity (Wildman–Crippen MR) is 79.5 cm³/mol. The molecule has 1 unspecified atom stereocenters. The van der Waals surface area contributed by atoms with E-state index in [0.29, 0.717) is 0 Å². The Morgan fingerprint density at radius 1 is 1.39 bits per heavy atom. The van der Waals surface area contributed by atoms with Gasteiger partial charge in [-0.2, -0.15) is 0 Å². The molecule has 2 rings (SSSR count). The number of halogens is 1. The molecule has 18 heavy (non-hydrogen) atoms. The number of carbonyl (C=O) groups is 1. The highest BCUT2D eigenvalue weighted by Crippen LogP contribution is 2.19. The molecule has 3 nitrogen and oxygen atoms in total. The lowest BCUT2D eigenvalue weighted by Gasteiger charge is -2.28. The third-order valence-electron chi connectivity index (χ3n) is 3.42. The maximum atomic E-state index is 12.5. The second kappa shape index (κ2) is 6.52. The quantitative estimate of drug-likeness (QED) is 0.825. The zero-order valence-corrected chi connectivity index (χ0v) is 12.5.